The van der Waals surface area contributed by atoms with Crippen molar-refractivity contribution in [3.8, 4) is 5.75 Å². The van der Waals surface area contributed by atoms with Gasteiger partial charge in [-0.2, -0.15) is 0 Å². The normalized spacial score (nSPS) is 10.0. The third kappa shape index (κ3) is 2.29. The molecule has 0 fully saturated rings. The number of benzene rings is 1. The van der Waals surface area contributed by atoms with Gasteiger partial charge in [-0.3, -0.25) is 0 Å². The monoisotopic (exact) mass is 246 g/mol. The first-order valence-electron chi connectivity index (χ1n) is 4.99. The lowest BCUT2D eigenvalue weighted by Crippen LogP contribution is -2.07. The highest BCUT2D eigenvalue weighted by Crippen LogP contribution is 2.25. The van der Waals surface area contributed by atoms with Crippen LogP contribution in [0.4, 0.5) is 17.3 Å². The highest BCUT2D eigenvalue weighted by Gasteiger charge is 2.11. The van der Waals surface area contributed by atoms with Gasteiger partial charge in [0.05, 0.1) is 5.69 Å². The Balaban J connectivity index is 2.33. The van der Waals surface area contributed by atoms with Crippen LogP contribution in [0, 0.1) is 0 Å². The predicted molar refractivity (Wildman–Crippen MR) is 64.8 cm³/mol. The van der Waals surface area contributed by atoms with Crippen molar-refractivity contribution in [2.24, 2.45) is 0 Å². The summed E-state index contributed by atoms with van der Waals surface area (Å²) in [6, 6.07) is 7.73. The summed E-state index contributed by atoms with van der Waals surface area (Å²) in [6.07, 6.45) is 0. The fourth-order valence-corrected chi connectivity index (χ4v) is 1.35. The first-order chi connectivity index (χ1) is 8.58. The molecule has 0 atom stereocenters. The number of carbonyl (C=O) groups is 1. The fourth-order valence-electron chi connectivity index (χ4n) is 1.35. The van der Waals surface area contributed by atoms with Crippen LogP contribution in [0.2, 0.25) is 0 Å². The molecule has 5 N–H and O–H groups in total. The van der Waals surface area contributed by atoms with E-state index in [2.05, 4.69) is 15.5 Å². The maximum Gasteiger partial charge on any atom is 0.339 e. The van der Waals surface area contributed by atoms with Crippen molar-refractivity contribution in [2.45, 2.75) is 0 Å². The van der Waals surface area contributed by atoms with E-state index in [-0.39, 0.29) is 22.9 Å². The number of nitrogens with zero attached hydrogens (tertiary/aromatic N) is 2. The topological polar surface area (TPSA) is 121 Å². The number of carboxylic acid groups (broad SMARTS) is 1. The van der Waals surface area contributed by atoms with Crippen LogP contribution in [0.25, 0.3) is 0 Å². The van der Waals surface area contributed by atoms with Crippen molar-refractivity contribution in [2.75, 3.05) is 11.1 Å². The zero-order valence-corrected chi connectivity index (χ0v) is 9.16. The standard InChI is InChI=1S/C11H10N4O3/c12-10-6(11(17)18)5-9(14-15-10)13-7-3-1-2-4-8(7)16/h1-5,16H,(H2,12,15)(H,13,14)(H,17,18). The largest absolute Gasteiger partial charge is 0.506 e. The molecule has 0 amide bonds. The Morgan fingerprint density at radius 1 is 1.28 bits per heavy atom. The lowest BCUT2D eigenvalue weighted by molar-refractivity contribution is 0.0697. The van der Waals surface area contributed by atoms with E-state index >= 15 is 0 Å². The number of rotatable bonds is 3. The van der Waals surface area contributed by atoms with Gasteiger partial charge in [0.2, 0.25) is 0 Å². The van der Waals surface area contributed by atoms with Crippen molar-refractivity contribution in [3.63, 3.8) is 0 Å². The van der Waals surface area contributed by atoms with Gasteiger partial charge in [-0.1, -0.05) is 12.1 Å². The van der Waals surface area contributed by atoms with Gasteiger partial charge in [0, 0.05) is 6.07 Å². The van der Waals surface area contributed by atoms with E-state index in [9.17, 15) is 9.90 Å². The van der Waals surface area contributed by atoms with Crippen LogP contribution in [0.15, 0.2) is 30.3 Å². The Hall–Kier alpha value is -2.83. The van der Waals surface area contributed by atoms with Crippen LogP contribution in [-0.2, 0) is 0 Å². The van der Waals surface area contributed by atoms with Gasteiger partial charge >= 0.3 is 5.97 Å². The number of aromatic carboxylic acids is 1. The Kier molecular flexibility index (Phi) is 2.96. The summed E-state index contributed by atoms with van der Waals surface area (Å²) in [5, 5.41) is 28.4. The highest BCUT2D eigenvalue weighted by molar-refractivity contribution is 5.93. The van der Waals surface area contributed by atoms with E-state index in [4.69, 9.17) is 10.8 Å². The Morgan fingerprint density at radius 3 is 2.67 bits per heavy atom. The number of aromatic hydroxyl groups is 1. The predicted octanol–water partition coefficient (Wildman–Crippen LogP) is 1.21. The molecule has 0 aliphatic rings. The maximum atomic E-state index is 10.9. The van der Waals surface area contributed by atoms with Gasteiger partial charge in [-0.15, -0.1) is 10.2 Å². The lowest BCUT2D eigenvalue weighted by Gasteiger charge is -2.07. The molecule has 0 radical (unpaired) electrons. The van der Waals surface area contributed by atoms with E-state index in [0.717, 1.165) is 0 Å². The highest BCUT2D eigenvalue weighted by atomic mass is 16.4. The number of hydrogen-bond acceptors (Lipinski definition) is 6. The van der Waals surface area contributed by atoms with Crippen LogP contribution in [0.1, 0.15) is 10.4 Å². The summed E-state index contributed by atoms with van der Waals surface area (Å²) in [5.41, 5.74) is 5.63. The van der Waals surface area contributed by atoms with Crippen molar-refractivity contribution in [1.29, 1.82) is 0 Å². The first kappa shape index (κ1) is 11.6. The summed E-state index contributed by atoms with van der Waals surface area (Å²) in [7, 11) is 0. The molecule has 0 aliphatic carbocycles. The molecule has 0 saturated carbocycles. The van der Waals surface area contributed by atoms with Crippen molar-refractivity contribution < 1.29 is 15.0 Å². The summed E-state index contributed by atoms with van der Waals surface area (Å²) < 4.78 is 0. The smallest absolute Gasteiger partial charge is 0.339 e. The van der Waals surface area contributed by atoms with Crippen LogP contribution in [-0.4, -0.2) is 26.4 Å². The number of aromatic nitrogens is 2. The van der Waals surface area contributed by atoms with Gasteiger partial charge in [0.15, 0.2) is 11.6 Å². The van der Waals surface area contributed by atoms with E-state index in [1.807, 2.05) is 0 Å². The third-order valence-electron chi connectivity index (χ3n) is 2.22. The molecule has 2 rings (SSSR count). The molecule has 1 heterocycles. The van der Waals surface area contributed by atoms with E-state index in [1.54, 1.807) is 18.2 Å². The number of para-hydroxylation sites is 2. The lowest BCUT2D eigenvalue weighted by atomic mass is 10.2. The minimum absolute atomic E-state index is 0.0213. The number of hydrogen-bond donors (Lipinski definition) is 4. The summed E-state index contributed by atoms with van der Waals surface area (Å²) in [6.45, 7) is 0. The molecule has 0 spiro atoms. The van der Waals surface area contributed by atoms with Crippen LogP contribution >= 0.6 is 0 Å². The Labute approximate surface area is 102 Å². The molecule has 7 nitrogen and oxygen atoms in total. The number of nitrogens with two attached hydrogens (primary N) is 1. The van der Waals surface area contributed by atoms with Crippen LogP contribution in [0.5, 0.6) is 5.75 Å². The van der Waals surface area contributed by atoms with E-state index in [1.165, 1.54) is 12.1 Å². The van der Waals surface area contributed by atoms with Gasteiger partial charge in [-0.25, -0.2) is 4.79 Å². The molecule has 92 valence electrons. The zero-order valence-electron chi connectivity index (χ0n) is 9.16. The molecule has 0 aliphatic heterocycles. The number of nitrogen functional groups attached to an aromatic ring is 1. The van der Waals surface area contributed by atoms with Gasteiger partial charge in [0.1, 0.15) is 11.3 Å². The summed E-state index contributed by atoms with van der Waals surface area (Å²) in [5.74, 6) is -1.15. The summed E-state index contributed by atoms with van der Waals surface area (Å²) in [4.78, 5) is 10.9. The number of phenols is 1. The minimum atomic E-state index is -1.19. The Morgan fingerprint density at radius 2 is 2.00 bits per heavy atom. The van der Waals surface area contributed by atoms with Crippen LogP contribution < -0.4 is 11.1 Å². The van der Waals surface area contributed by atoms with Gasteiger partial charge < -0.3 is 21.3 Å². The SMILES string of the molecule is Nc1nnc(Nc2ccccc2O)cc1C(=O)O. The molecule has 0 bridgehead atoms. The second-order valence-corrected chi connectivity index (χ2v) is 3.48. The Bertz CT molecular complexity index is 601. The third-order valence-corrected chi connectivity index (χ3v) is 2.22. The summed E-state index contributed by atoms with van der Waals surface area (Å²) >= 11 is 0. The zero-order chi connectivity index (χ0) is 13.1. The fraction of sp³-hybridized carbons (Fsp3) is 0. The molecule has 2 aromatic rings. The van der Waals surface area contributed by atoms with Gasteiger partial charge in [0.25, 0.3) is 0 Å². The molecule has 0 saturated heterocycles. The van der Waals surface area contributed by atoms with Crippen molar-refractivity contribution in [1.82, 2.24) is 10.2 Å². The number of nitrogens with one attached hydrogen (secondary N) is 1. The van der Waals surface area contributed by atoms with Crippen LogP contribution in [0.3, 0.4) is 0 Å². The van der Waals surface area contributed by atoms with E-state index in [0.29, 0.717) is 5.69 Å². The molecule has 7 heteroatoms. The number of carboxylic acids is 1. The van der Waals surface area contributed by atoms with E-state index < -0.39 is 5.97 Å². The molecular weight excluding hydrogens is 236 g/mol. The molecule has 1 aromatic heterocycles. The minimum Gasteiger partial charge on any atom is -0.506 e. The molecule has 18 heavy (non-hydrogen) atoms. The average molecular weight is 246 g/mol. The number of anilines is 3. The van der Waals surface area contributed by atoms with Gasteiger partial charge in [-0.05, 0) is 12.1 Å². The quantitative estimate of drug-likeness (QED) is 0.600. The second kappa shape index (κ2) is 4.58. The first-order valence-corrected chi connectivity index (χ1v) is 4.99. The maximum absolute atomic E-state index is 10.9. The van der Waals surface area contributed by atoms with Crippen molar-refractivity contribution >= 4 is 23.3 Å². The molecular formula is C11H10N4O3. The average Bonchev–Trinajstić information content (AvgIpc) is 2.34. The second-order valence-electron chi connectivity index (χ2n) is 3.48. The molecule has 1 aromatic carbocycles. The molecule has 0 unspecified atom stereocenters. The van der Waals surface area contributed by atoms with Crippen molar-refractivity contribution in [3.05, 3.63) is 35.9 Å². The number of phenolic OH excluding ortho intramolecular Hbond substituents is 1.